The zero-order valence-electron chi connectivity index (χ0n) is 17.3. The van der Waals surface area contributed by atoms with Crippen LogP contribution >= 0.6 is 0 Å². The average molecular weight is 391 g/mol. The molecule has 0 aliphatic heterocycles. The van der Waals surface area contributed by atoms with Crippen LogP contribution in [0.2, 0.25) is 0 Å². The van der Waals surface area contributed by atoms with E-state index < -0.39 is 0 Å². The predicted octanol–water partition coefficient (Wildman–Crippen LogP) is 2.07. The van der Waals surface area contributed by atoms with Gasteiger partial charge in [0, 0.05) is 39.4 Å². The number of hydrogen-bond acceptors (Lipinski definition) is 4. The highest BCUT2D eigenvalue weighted by molar-refractivity contribution is 5.79. The van der Waals surface area contributed by atoms with Crippen molar-refractivity contribution in [3.05, 3.63) is 29.8 Å². The van der Waals surface area contributed by atoms with Crippen LogP contribution in [-0.4, -0.2) is 51.3 Å². The first kappa shape index (κ1) is 22.0. The third-order valence-corrected chi connectivity index (χ3v) is 4.10. The SMILES string of the molecule is CN=C(NCCCOCC(C)C)NCc1cccc(OCC(=O)NC2CC2)c1. The topological polar surface area (TPSA) is 84.0 Å². The molecule has 2 rings (SSSR count). The summed E-state index contributed by atoms with van der Waals surface area (Å²) >= 11 is 0. The Morgan fingerprint density at radius 1 is 1.29 bits per heavy atom. The first-order chi connectivity index (χ1) is 13.6. The minimum Gasteiger partial charge on any atom is -0.484 e. The molecule has 0 spiro atoms. The lowest BCUT2D eigenvalue weighted by Crippen LogP contribution is -2.37. The van der Waals surface area contributed by atoms with Crippen molar-refractivity contribution in [3.8, 4) is 5.75 Å². The molecule has 0 bridgehead atoms. The van der Waals surface area contributed by atoms with Gasteiger partial charge in [0.1, 0.15) is 5.75 Å². The Bertz CT molecular complexity index is 630. The fourth-order valence-corrected chi connectivity index (χ4v) is 2.50. The summed E-state index contributed by atoms with van der Waals surface area (Å²) in [6, 6.07) is 8.08. The van der Waals surface area contributed by atoms with Gasteiger partial charge in [0.25, 0.3) is 5.91 Å². The number of guanidine groups is 1. The number of aliphatic imine (C=N–C) groups is 1. The van der Waals surface area contributed by atoms with Gasteiger partial charge in [-0.05, 0) is 42.9 Å². The molecule has 1 aromatic rings. The summed E-state index contributed by atoms with van der Waals surface area (Å²) in [5.41, 5.74) is 1.06. The summed E-state index contributed by atoms with van der Waals surface area (Å²) in [5, 5.41) is 9.48. The maximum atomic E-state index is 11.7. The smallest absolute Gasteiger partial charge is 0.258 e. The third kappa shape index (κ3) is 9.60. The van der Waals surface area contributed by atoms with E-state index in [0.717, 1.165) is 50.5 Å². The van der Waals surface area contributed by atoms with Crippen LogP contribution in [0.5, 0.6) is 5.75 Å². The quantitative estimate of drug-likeness (QED) is 0.289. The van der Waals surface area contributed by atoms with Gasteiger partial charge in [-0.3, -0.25) is 9.79 Å². The van der Waals surface area contributed by atoms with E-state index in [2.05, 4.69) is 34.8 Å². The third-order valence-electron chi connectivity index (χ3n) is 4.10. The molecule has 7 nitrogen and oxygen atoms in total. The minimum atomic E-state index is -0.0620. The Morgan fingerprint density at radius 3 is 2.82 bits per heavy atom. The second kappa shape index (κ2) is 12.2. The normalized spacial score (nSPS) is 14.1. The van der Waals surface area contributed by atoms with Crippen molar-refractivity contribution in [2.45, 2.75) is 45.7 Å². The molecule has 0 heterocycles. The van der Waals surface area contributed by atoms with Crippen LogP contribution in [-0.2, 0) is 16.1 Å². The fraction of sp³-hybridized carbons (Fsp3) is 0.619. The predicted molar refractivity (Wildman–Crippen MR) is 112 cm³/mol. The lowest BCUT2D eigenvalue weighted by molar-refractivity contribution is -0.123. The van der Waals surface area contributed by atoms with Gasteiger partial charge in [-0.1, -0.05) is 26.0 Å². The van der Waals surface area contributed by atoms with Gasteiger partial charge in [0.2, 0.25) is 0 Å². The Morgan fingerprint density at radius 2 is 2.11 bits per heavy atom. The highest BCUT2D eigenvalue weighted by atomic mass is 16.5. The van der Waals surface area contributed by atoms with Crippen molar-refractivity contribution in [1.29, 1.82) is 0 Å². The van der Waals surface area contributed by atoms with Crippen LogP contribution in [0.3, 0.4) is 0 Å². The van der Waals surface area contributed by atoms with E-state index in [1.807, 2.05) is 24.3 Å². The first-order valence-corrected chi connectivity index (χ1v) is 10.1. The van der Waals surface area contributed by atoms with E-state index in [0.29, 0.717) is 24.3 Å². The van der Waals surface area contributed by atoms with E-state index in [1.165, 1.54) is 0 Å². The molecule has 1 aromatic carbocycles. The van der Waals surface area contributed by atoms with Gasteiger partial charge < -0.3 is 25.4 Å². The van der Waals surface area contributed by atoms with Crippen LogP contribution in [0.4, 0.5) is 0 Å². The van der Waals surface area contributed by atoms with Crippen molar-refractivity contribution >= 4 is 11.9 Å². The number of carbonyl (C=O) groups excluding carboxylic acids is 1. The molecule has 1 amide bonds. The molecular formula is C21H34N4O3. The van der Waals surface area contributed by atoms with E-state index in [-0.39, 0.29) is 12.5 Å². The highest BCUT2D eigenvalue weighted by Gasteiger charge is 2.23. The van der Waals surface area contributed by atoms with E-state index >= 15 is 0 Å². The Labute approximate surface area is 168 Å². The second-order valence-electron chi connectivity index (χ2n) is 7.45. The van der Waals surface area contributed by atoms with Crippen molar-refractivity contribution in [2.75, 3.05) is 33.4 Å². The van der Waals surface area contributed by atoms with Crippen molar-refractivity contribution in [3.63, 3.8) is 0 Å². The van der Waals surface area contributed by atoms with Crippen LogP contribution in [0.1, 0.15) is 38.7 Å². The van der Waals surface area contributed by atoms with Crippen molar-refractivity contribution in [1.82, 2.24) is 16.0 Å². The number of benzene rings is 1. The maximum Gasteiger partial charge on any atom is 0.258 e. The number of nitrogens with one attached hydrogen (secondary N) is 3. The fourth-order valence-electron chi connectivity index (χ4n) is 2.50. The number of ether oxygens (including phenoxy) is 2. The molecule has 1 aliphatic carbocycles. The second-order valence-corrected chi connectivity index (χ2v) is 7.45. The summed E-state index contributed by atoms with van der Waals surface area (Å²) in [6.45, 7) is 7.31. The number of hydrogen-bond donors (Lipinski definition) is 3. The molecule has 0 radical (unpaired) electrons. The summed E-state index contributed by atoms with van der Waals surface area (Å²) in [5.74, 6) is 1.94. The van der Waals surface area contributed by atoms with Crippen molar-refractivity contribution in [2.24, 2.45) is 10.9 Å². The summed E-state index contributed by atoms with van der Waals surface area (Å²) in [4.78, 5) is 16.0. The van der Waals surface area contributed by atoms with Crippen LogP contribution in [0.15, 0.2) is 29.3 Å². The van der Waals surface area contributed by atoms with Gasteiger partial charge in [0.05, 0.1) is 0 Å². The molecule has 28 heavy (non-hydrogen) atoms. The number of rotatable bonds is 12. The Hall–Kier alpha value is -2.28. The molecule has 1 saturated carbocycles. The monoisotopic (exact) mass is 390 g/mol. The van der Waals surface area contributed by atoms with E-state index in [4.69, 9.17) is 9.47 Å². The Kier molecular flexibility index (Phi) is 9.62. The van der Waals surface area contributed by atoms with Gasteiger partial charge in [-0.15, -0.1) is 0 Å². The molecule has 0 aromatic heterocycles. The molecule has 156 valence electrons. The average Bonchev–Trinajstić information content (AvgIpc) is 3.49. The molecule has 0 saturated heterocycles. The molecule has 3 N–H and O–H groups in total. The summed E-state index contributed by atoms with van der Waals surface area (Å²) < 4.78 is 11.2. The highest BCUT2D eigenvalue weighted by Crippen LogP contribution is 2.18. The maximum absolute atomic E-state index is 11.7. The summed E-state index contributed by atoms with van der Waals surface area (Å²) in [7, 11) is 1.75. The Balaban J connectivity index is 1.65. The summed E-state index contributed by atoms with van der Waals surface area (Å²) in [6.07, 6.45) is 3.08. The van der Waals surface area contributed by atoms with E-state index in [1.54, 1.807) is 7.05 Å². The van der Waals surface area contributed by atoms with Gasteiger partial charge in [-0.25, -0.2) is 0 Å². The van der Waals surface area contributed by atoms with Gasteiger partial charge in [-0.2, -0.15) is 0 Å². The van der Waals surface area contributed by atoms with Crippen LogP contribution in [0.25, 0.3) is 0 Å². The van der Waals surface area contributed by atoms with Gasteiger partial charge >= 0.3 is 0 Å². The lowest BCUT2D eigenvalue weighted by Gasteiger charge is -2.13. The molecule has 1 aliphatic rings. The zero-order valence-corrected chi connectivity index (χ0v) is 17.3. The minimum absolute atomic E-state index is 0.0511. The first-order valence-electron chi connectivity index (χ1n) is 10.1. The number of amides is 1. The molecule has 1 fully saturated rings. The van der Waals surface area contributed by atoms with Crippen molar-refractivity contribution < 1.29 is 14.3 Å². The number of nitrogens with zero attached hydrogens (tertiary/aromatic N) is 1. The van der Waals surface area contributed by atoms with E-state index in [9.17, 15) is 4.79 Å². The van der Waals surface area contributed by atoms with Crippen LogP contribution in [0, 0.1) is 5.92 Å². The van der Waals surface area contributed by atoms with Crippen LogP contribution < -0.4 is 20.7 Å². The molecule has 0 unspecified atom stereocenters. The standard InChI is InChI=1S/C21H34N4O3/c1-16(2)14-27-11-5-10-23-21(22-3)24-13-17-6-4-7-19(12-17)28-15-20(26)25-18-8-9-18/h4,6-7,12,16,18H,5,8-11,13-15H2,1-3H3,(H,25,26)(H2,22,23,24). The molecule has 7 heteroatoms. The zero-order chi connectivity index (χ0) is 20.2. The molecule has 0 atom stereocenters. The number of carbonyl (C=O) groups is 1. The van der Waals surface area contributed by atoms with Gasteiger partial charge in [0.15, 0.2) is 12.6 Å². The molecular weight excluding hydrogens is 356 g/mol. The lowest BCUT2D eigenvalue weighted by atomic mass is 10.2. The largest absolute Gasteiger partial charge is 0.484 e.